The van der Waals surface area contributed by atoms with Crippen LogP contribution in [-0.4, -0.2) is 23.1 Å². The first-order chi connectivity index (χ1) is 23.6. The van der Waals surface area contributed by atoms with Gasteiger partial charge in [0.1, 0.15) is 6.10 Å². The van der Waals surface area contributed by atoms with E-state index in [0.717, 1.165) is 57.8 Å². The molecule has 1 unspecified atom stereocenters. The average molecular weight is 671 g/mol. The molecule has 0 radical (unpaired) electrons. The van der Waals surface area contributed by atoms with Crippen molar-refractivity contribution >= 4 is 11.9 Å². The summed E-state index contributed by atoms with van der Waals surface area (Å²) in [5.74, 6) is -1.12. The molecule has 0 spiro atoms. The van der Waals surface area contributed by atoms with E-state index in [-0.39, 0.29) is 12.4 Å². The van der Waals surface area contributed by atoms with E-state index in [1.54, 1.807) is 0 Å². The normalized spacial score (nSPS) is 12.7. The van der Waals surface area contributed by atoms with Gasteiger partial charge in [-0.15, -0.1) is 0 Å². The molecule has 4 nitrogen and oxygen atoms in total. The first kappa shape index (κ1) is 45.9. The van der Waals surface area contributed by atoms with Gasteiger partial charge in [-0.2, -0.15) is 0 Å². The number of rotatable bonds is 37. The van der Waals surface area contributed by atoms with E-state index in [2.05, 4.69) is 62.5 Å². The summed E-state index contributed by atoms with van der Waals surface area (Å²) in [6, 6.07) is 0. The summed E-state index contributed by atoms with van der Waals surface area (Å²) in [6.07, 6.45) is 52.7. The van der Waals surface area contributed by atoms with E-state index in [4.69, 9.17) is 4.74 Å². The van der Waals surface area contributed by atoms with Gasteiger partial charge >= 0.3 is 11.9 Å². The van der Waals surface area contributed by atoms with Crippen molar-refractivity contribution in [3.63, 3.8) is 0 Å². The summed E-state index contributed by atoms with van der Waals surface area (Å²) in [5.41, 5.74) is 0. The fourth-order valence-electron chi connectivity index (χ4n) is 6.01. The summed E-state index contributed by atoms with van der Waals surface area (Å²) in [4.78, 5) is 23.7. The molecule has 1 atom stereocenters. The minimum Gasteiger partial charge on any atom is -0.481 e. The van der Waals surface area contributed by atoms with E-state index in [9.17, 15) is 14.7 Å². The van der Waals surface area contributed by atoms with Gasteiger partial charge < -0.3 is 9.84 Å². The number of esters is 1. The molecule has 0 aliphatic rings. The number of hydrogen-bond acceptors (Lipinski definition) is 3. The van der Waals surface area contributed by atoms with Gasteiger partial charge in [-0.25, -0.2) is 0 Å². The Kier molecular flexibility index (Phi) is 37.6. The van der Waals surface area contributed by atoms with Crippen LogP contribution in [0.4, 0.5) is 0 Å². The van der Waals surface area contributed by atoms with Crippen LogP contribution in [0.15, 0.2) is 48.6 Å². The number of ether oxygens (including phenoxy) is 1. The lowest BCUT2D eigenvalue weighted by atomic mass is 10.0. The molecule has 1 N–H and O–H groups in total. The highest BCUT2D eigenvalue weighted by atomic mass is 16.5. The number of hydrogen-bond donors (Lipinski definition) is 1. The highest BCUT2D eigenvalue weighted by Gasteiger charge is 2.17. The standard InChI is InChI=1S/C44H78O4/c1-3-5-7-9-11-13-15-17-19-20-21-22-23-24-26-28-30-32-34-36-38-40-44(47)48-42(41-43(45)46)39-37-35-33-31-29-27-25-18-16-14-12-10-8-6-4-2/h11,13,17,19,21-22,24,26,42H,3-10,12,14-16,18,20,23,25,27-41H2,1-2H3,(H,45,46)/b13-11-,19-17-,22-21-,26-24-. The Labute approximate surface area is 298 Å². The monoisotopic (exact) mass is 671 g/mol. The maximum absolute atomic E-state index is 12.4. The van der Waals surface area contributed by atoms with Crippen LogP contribution in [0.25, 0.3) is 0 Å². The maximum Gasteiger partial charge on any atom is 0.307 e. The van der Waals surface area contributed by atoms with Gasteiger partial charge in [0.2, 0.25) is 0 Å². The van der Waals surface area contributed by atoms with Gasteiger partial charge in [0.25, 0.3) is 0 Å². The molecule has 0 fully saturated rings. The molecule has 0 aliphatic carbocycles. The minimum atomic E-state index is -0.886. The van der Waals surface area contributed by atoms with Crippen molar-refractivity contribution in [2.24, 2.45) is 0 Å². The minimum absolute atomic E-state index is 0.0815. The van der Waals surface area contributed by atoms with Crippen molar-refractivity contribution in [1.82, 2.24) is 0 Å². The smallest absolute Gasteiger partial charge is 0.307 e. The molecular formula is C44H78O4. The van der Waals surface area contributed by atoms with Gasteiger partial charge in [-0.1, -0.05) is 184 Å². The fraction of sp³-hybridized carbons (Fsp3) is 0.773. The Balaban J connectivity index is 3.70. The quantitative estimate of drug-likeness (QED) is 0.0406. The summed E-state index contributed by atoms with van der Waals surface area (Å²) < 4.78 is 5.58. The second-order valence-electron chi connectivity index (χ2n) is 13.8. The number of carboxylic acids is 1. The van der Waals surface area contributed by atoms with Crippen LogP contribution in [0.5, 0.6) is 0 Å². The SMILES string of the molecule is CCCCC/C=C\C/C=C\C/C=C\C/C=C\CCCCCCCC(=O)OC(CCCCCCCCCCCCCCCCC)CC(=O)O. The van der Waals surface area contributed by atoms with E-state index >= 15 is 0 Å². The van der Waals surface area contributed by atoms with E-state index < -0.39 is 12.1 Å². The van der Waals surface area contributed by atoms with E-state index in [1.165, 1.54) is 122 Å². The Hall–Kier alpha value is -2.10. The van der Waals surface area contributed by atoms with Crippen LogP contribution in [0.1, 0.15) is 213 Å². The second kappa shape index (κ2) is 39.3. The van der Waals surface area contributed by atoms with Crippen LogP contribution in [0.3, 0.4) is 0 Å². The van der Waals surface area contributed by atoms with Crippen molar-refractivity contribution in [3.05, 3.63) is 48.6 Å². The largest absolute Gasteiger partial charge is 0.481 e. The van der Waals surface area contributed by atoms with Crippen molar-refractivity contribution < 1.29 is 19.4 Å². The van der Waals surface area contributed by atoms with Gasteiger partial charge in [0.15, 0.2) is 0 Å². The topological polar surface area (TPSA) is 63.6 Å². The lowest BCUT2D eigenvalue weighted by molar-refractivity contribution is -0.153. The molecule has 0 amide bonds. The van der Waals surface area contributed by atoms with E-state index in [1.807, 2.05) is 0 Å². The Morgan fingerprint density at radius 3 is 1.29 bits per heavy atom. The summed E-state index contributed by atoms with van der Waals surface area (Å²) in [5, 5.41) is 9.27. The van der Waals surface area contributed by atoms with Gasteiger partial charge in [-0.3, -0.25) is 9.59 Å². The third-order valence-corrected chi connectivity index (χ3v) is 9.04. The van der Waals surface area contributed by atoms with Crippen molar-refractivity contribution in [3.8, 4) is 0 Å². The van der Waals surface area contributed by atoms with Gasteiger partial charge in [0.05, 0.1) is 6.42 Å². The summed E-state index contributed by atoms with van der Waals surface area (Å²) in [7, 11) is 0. The highest BCUT2D eigenvalue weighted by Crippen LogP contribution is 2.17. The lowest BCUT2D eigenvalue weighted by Gasteiger charge is -2.16. The Bertz CT molecular complexity index is 809. The predicted molar refractivity (Wildman–Crippen MR) is 209 cm³/mol. The molecule has 0 aromatic carbocycles. The number of aliphatic carboxylic acids is 1. The van der Waals surface area contributed by atoms with Gasteiger partial charge in [-0.05, 0) is 64.2 Å². The number of carbonyl (C=O) groups excluding carboxylic acids is 1. The number of allylic oxidation sites excluding steroid dienone is 8. The van der Waals surface area contributed by atoms with Crippen LogP contribution >= 0.6 is 0 Å². The summed E-state index contributed by atoms with van der Waals surface area (Å²) in [6.45, 7) is 4.52. The molecule has 0 rings (SSSR count). The molecule has 278 valence electrons. The van der Waals surface area contributed by atoms with Crippen molar-refractivity contribution in [1.29, 1.82) is 0 Å². The lowest BCUT2D eigenvalue weighted by Crippen LogP contribution is -2.21. The zero-order chi connectivity index (χ0) is 35.0. The number of carboxylic acid groups (broad SMARTS) is 1. The third kappa shape index (κ3) is 38.3. The van der Waals surface area contributed by atoms with Crippen molar-refractivity contribution in [2.75, 3.05) is 0 Å². The van der Waals surface area contributed by atoms with Crippen LogP contribution < -0.4 is 0 Å². The average Bonchev–Trinajstić information content (AvgIpc) is 3.06. The second-order valence-corrected chi connectivity index (χ2v) is 13.8. The van der Waals surface area contributed by atoms with Crippen molar-refractivity contribution in [2.45, 2.75) is 219 Å². The number of unbranched alkanes of at least 4 members (excludes halogenated alkanes) is 22. The molecule has 0 bridgehead atoms. The van der Waals surface area contributed by atoms with Crippen LogP contribution in [0, 0.1) is 0 Å². The zero-order valence-corrected chi connectivity index (χ0v) is 31.8. The summed E-state index contributed by atoms with van der Waals surface area (Å²) >= 11 is 0. The number of carbonyl (C=O) groups is 2. The third-order valence-electron chi connectivity index (χ3n) is 9.04. The first-order valence-corrected chi connectivity index (χ1v) is 20.6. The molecule has 4 heteroatoms. The van der Waals surface area contributed by atoms with Crippen LogP contribution in [0.2, 0.25) is 0 Å². The molecular weight excluding hydrogens is 592 g/mol. The Morgan fingerprint density at radius 1 is 0.479 bits per heavy atom. The van der Waals surface area contributed by atoms with Gasteiger partial charge in [0, 0.05) is 6.42 Å². The molecule has 0 aromatic rings. The predicted octanol–water partition coefficient (Wildman–Crippen LogP) is 14.3. The fourth-order valence-corrected chi connectivity index (χ4v) is 6.01. The highest BCUT2D eigenvalue weighted by molar-refractivity contribution is 5.71. The first-order valence-electron chi connectivity index (χ1n) is 20.6. The zero-order valence-electron chi connectivity index (χ0n) is 31.8. The molecule has 48 heavy (non-hydrogen) atoms. The molecule has 0 saturated carbocycles. The molecule has 0 saturated heterocycles. The van der Waals surface area contributed by atoms with Crippen LogP contribution in [-0.2, 0) is 14.3 Å². The molecule has 0 aromatic heterocycles. The molecule has 0 aliphatic heterocycles. The maximum atomic E-state index is 12.4. The Morgan fingerprint density at radius 2 is 0.833 bits per heavy atom. The van der Waals surface area contributed by atoms with E-state index in [0.29, 0.717) is 12.8 Å². The molecule has 0 heterocycles.